The average molecular weight is 293 g/mol. The van der Waals surface area contributed by atoms with Crippen LogP contribution < -0.4 is 5.32 Å². The molecule has 0 bridgehead atoms. The summed E-state index contributed by atoms with van der Waals surface area (Å²) in [5.41, 5.74) is 0.314. The fourth-order valence-electron chi connectivity index (χ4n) is 2.73. The molecule has 20 heavy (non-hydrogen) atoms. The van der Waals surface area contributed by atoms with Gasteiger partial charge in [-0.15, -0.1) is 0 Å². The summed E-state index contributed by atoms with van der Waals surface area (Å²) in [6, 6.07) is 2.31. The van der Waals surface area contributed by atoms with Crippen LogP contribution in [0.2, 0.25) is 0 Å². The van der Waals surface area contributed by atoms with E-state index in [1.807, 2.05) is 0 Å². The molecular formula is C14H16F5N. The van der Waals surface area contributed by atoms with Crippen LogP contribution >= 0.6 is 0 Å². The van der Waals surface area contributed by atoms with Crippen molar-refractivity contribution in [3.8, 4) is 0 Å². The molecule has 1 N–H and O–H groups in total. The van der Waals surface area contributed by atoms with Crippen molar-refractivity contribution in [2.24, 2.45) is 5.92 Å². The van der Waals surface area contributed by atoms with E-state index in [9.17, 15) is 22.0 Å². The van der Waals surface area contributed by atoms with Gasteiger partial charge in [0.05, 0.1) is 5.92 Å². The molecule has 1 aliphatic rings. The Morgan fingerprint density at radius 3 is 2.20 bits per heavy atom. The lowest BCUT2D eigenvalue weighted by Gasteiger charge is -2.33. The molecule has 2 rings (SSSR count). The summed E-state index contributed by atoms with van der Waals surface area (Å²) < 4.78 is 64.7. The van der Waals surface area contributed by atoms with Gasteiger partial charge in [-0.25, -0.2) is 8.78 Å². The molecule has 1 aromatic carbocycles. The maximum absolute atomic E-state index is 13.0. The molecule has 112 valence electrons. The quantitative estimate of drug-likeness (QED) is 0.825. The van der Waals surface area contributed by atoms with Gasteiger partial charge in [0.1, 0.15) is 11.6 Å². The Morgan fingerprint density at radius 2 is 1.60 bits per heavy atom. The lowest BCUT2D eigenvalue weighted by molar-refractivity contribution is -0.189. The first-order chi connectivity index (χ1) is 9.36. The van der Waals surface area contributed by atoms with E-state index in [0.29, 0.717) is 18.4 Å². The van der Waals surface area contributed by atoms with Crippen molar-refractivity contribution in [3.05, 3.63) is 35.4 Å². The zero-order valence-corrected chi connectivity index (χ0v) is 10.8. The molecular weight excluding hydrogens is 277 g/mol. The standard InChI is InChI=1S/C14H16F5N/c15-10-5-9(6-11(16)7-10)8-20-13-4-2-1-3-12(13)14(17,18)19/h5-7,12-13,20H,1-4,8H2. The van der Waals surface area contributed by atoms with Crippen LogP contribution in [0.5, 0.6) is 0 Å². The van der Waals surface area contributed by atoms with Gasteiger partial charge in [-0.2, -0.15) is 13.2 Å². The van der Waals surface area contributed by atoms with E-state index >= 15 is 0 Å². The van der Waals surface area contributed by atoms with E-state index < -0.39 is 29.8 Å². The van der Waals surface area contributed by atoms with E-state index in [1.165, 1.54) is 0 Å². The summed E-state index contributed by atoms with van der Waals surface area (Å²) in [6.45, 7) is 0.0337. The minimum Gasteiger partial charge on any atom is -0.309 e. The molecule has 1 fully saturated rings. The molecule has 0 saturated heterocycles. The number of benzene rings is 1. The number of hydrogen-bond donors (Lipinski definition) is 1. The summed E-state index contributed by atoms with van der Waals surface area (Å²) in [7, 11) is 0. The lowest BCUT2D eigenvalue weighted by atomic mass is 9.84. The first-order valence-corrected chi connectivity index (χ1v) is 6.61. The smallest absolute Gasteiger partial charge is 0.309 e. The van der Waals surface area contributed by atoms with Crippen molar-refractivity contribution < 1.29 is 22.0 Å². The predicted molar refractivity (Wildman–Crippen MR) is 65.0 cm³/mol. The highest BCUT2D eigenvalue weighted by Gasteiger charge is 2.45. The minimum absolute atomic E-state index is 0.0337. The van der Waals surface area contributed by atoms with Crippen LogP contribution in [0.4, 0.5) is 22.0 Å². The predicted octanol–water partition coefficient (Wildman–Crippen LogP) is 4.18. The largest absolute Gasteiger partial charge is 0.393 e. The van der Waals surface area contributed by atoms with E-state index in [4.69, 9.17) is 0 Å². The fourth-order valence-corrected chi connectivity index (χ4v) is 2.73. The summed E-state index contributed by atoms with van der Waals surface area (Å²) in [6.07, 6.45) is -2.38. The zero-order chi connectivity index (χ0) is 14.8. The molecule has 0 heterocycles. The van der Waals surface area contributed by atoms with Crippen LogP contribution in [0.3, 0.4) is 0 Å². The number of hydrogen-bond acceptors (Lipinski definition) is 1. The third kappa shape index (κ3) is 3.91. The van der Waals surface area contributed by atoms with Crippen LogP contribution in [0.15, 0.2) is 18.2 Å². The second-order valence-corrected chi connectivity index (χ2v) is 5.20. The second-order valence-electron chi connectivity index (χ2n) is 5.20. The Bertz CT molecular complexity index is 437. The molecule has 0 amide bonds. The molecule has 0 radical (unpaired) electrons. The maximum atomic E-state index is 13.0. The number of halogens is 5. The van der Waals surface area contributed by atoms with Gasteiger partial charge >= 0.3 is 6.18 Å². The monoisotopic (exact) mass is 293 g/mol. The van der Waals surface area contributed by atoms with Gasteiger partial charge in [0, 0.05) is 18.7 Å². The van der Waals surface area contributed by atoms with Crippen molar-refractivity contribution in [1.82, 2.24) is 5.32 Å². The summed E-state index contributed by atoms with van der Waals surface area (Å²) in [5, 5.41) is 2.80. The van der Waals surface area contributed by atoms with Gasteiger partial charge in [-0.05, 0) is 30.5 Å². The number of alkyl halides is 3. The molecule has 0 aliphatic heterocycles. The molecule has 1 saturated carbocycles. The van der Waals surface area contributed by atoms with Gasteiger partial charge in [-0.3, -0.25) is 0 Å². The average Bonchev–Trinajstić information content (AvgIpc) is 2.34. The SMILES string of the molecule is Fc1cc(F)cc(CNC2CCCCC2C(F)(F)F)c1. The molecule has 1 nitrogen and oxygen atoms in total. The summed E-state index contributed by atoms with van der Waals surface area (Å²) >= 11 is 0. The van der Waals surface area contributed by atoms with Crippen LogP contribution in [0, 0.1) is 17.6 Å². The molecule has 2 atom stereocenters. The summed E-state index contributed by atoms with van der Waals surface area (Å²) in [4.78, 5) is 0. The first-order valence-electron chi connectivity index (χ1n) is 6.61. The third-order valence-corrected chi connectivity index (χ3v) is 3.68. The molecule has 1 aliphatic carbocycles. The Labute approximate surface area is 114 Å². The zero-order valence-electron chi connectivity index (χ0n) is 10.8. The third-order valence-electron chi connectivity index (χ3n) is 3.68. The van der Waals surface area contributed by atoms with Crippen LogP contribution in [-0.2, 0) is 6.54 Å². The highest BCUT2D eigenvalue weighted by Crippen LogP contribution is 2.37. The van der Waals surface area contributed by atoms with Gasteiger partial charge < -0.3 is 5.32 Å². The van der Waals surface area contributed by atoms with Gasteiger partial charge in [0.15, 0.2) is 0 Å². The van der Waals surface area contributed by atoms with Crippen molar-refractivity contribution in [2.75, 3.05) is 0 Å². The highest BCUT2D eigenvalue weighted by atomic mass is 19.4. The van der Waals surface area contributed by atoms with Crippen LogP contribution in [0.25, 0.3) is 0 Å². The van der Waals surface area contributed by atoms with Crippen molar-refractivity contribution in [1.29, 1.82) is 0 Å². The Morgan fingerprint density at radius 1 is 1.00 bits per heavy atom. The van der Waals surface area contributed by atoms with Crippen molar-refractivity contribution in [2.45, 2.75) is 44.4 Å². The topological polar surface area (TPSA) is 12.0 Å². The normalized spacial score (nSPS) is 23.9. The Kier molecular flexibility index (Phi) is 4.62. The van der Waals surface area contributed by atoms with Crippen molar-refractivity contribution >= 4 is 0 Å². The molecule has 2 unspecified atom stereocenters. The van der Waals surface area contributed by atoms with E-state index in [1.54, 1.807) is 0 Å². The fraction of sp³-hybridized carbons (Fsp3) is 0.571. The van der Waals surface area contributed by atoms with Crippen molar-refractivity contribution in [3.63, 3.8) is 0 Å². The maximum Gasteiger partial charge on any atom is 0.393 e. The minimum atomic E-state index is -4.23. The Hall–Kier alpha value is -1.17. The molecule has 0 spiro atoms. The van der Waals surface area contributed by atoms with Gasteiger partial charge in [0.2, 0.25) is 0 Å². The van der Waals surface area contributed by atoms with Gasteiger partial charge in [-0.1, -0.05) is 12.8 Å². The highest BCUT2D eigenvalue weighted by molar-refractivity contribution is 5.17. The second kappa shape index (κ2) is 6.08. The van der Waals surface area contributed by atoms with Crippen LogP contribution in [-0.4, -0.2) is 12.2 Å². The van der Waals surface area contributed by atoms with E-state index in [-0.39, 0.29) is 13.0 Å². The molecule has 1 aromatic rings. The lowest BCUT2D eigenvalue weighted by Crippen LogP contribution is -2.45. The Balaban J connectivity index is 2.01. The summed E-state index contributed by atoms with van der Waals surface area (Å²) in [5.74, 6) is -2.83. The first kappa shape index (κ1) is 15.2. The van der Waals surface area contributed by atoms with E-state index in [0.717, 1.165) is 24.6 Å². The number of rotatable bonds is 3. The van der Waals surface area contributed by atoms with Crippen LogP contribution in [0.1, 0.15) is 31.2 Å². The van der Waals surface area contributed by atoms with Gasteiger partial charge in [0.25, 0.3) is 0 Å². The van der Waals surface area contributed by atoms with E-state index in [2.05, 4.69) is 5.32 Å². The molecule has 0 aromatic heterocycles. The molecule has 6 heteroatoms. The number of nitrogens with one attached hydrogen (secondary N) is 1.